The first kappa shape index (κ1) is 14.1. The molecular weight excluding hydrogens is 285 g/mol. The van der Waals surface area contributed by atoms with Crippen molar-refractivity contribution in [2.45, 2.75) is 6.54 Å². The van der Waals surface area contributed by atoms with Crippen molar-refractivity contribution in [2.24, 2.45) is 0 Å². The zero-order chi connectivity index (χ0) is 14.7. The Bertz CT molecular complexity index is 637. The summed E-state index contributed by atoms with van der Waals surface area (Å²) >= 11 is 5.78. The summed E-state index contributed by atoms with van der Waals surface area (Å²) < 4.78 is 18.7. The molecule has 106 valence electrons. The van der Waals surface area contributed by atoms with E-state index < -0.39 is 5.82 Å². The van der Waals surface area contributed by atoms with Crippen LogP contribution in [0.3, 0.4) is 0 Å². The lowest BCUT2D eigenvalue weighted by molar-refractivity contribution is 0.411. The Balaban J connectivity index is 2.17. The molecule has 0 amide bonds. The predicted molar refractivity (Wildman–Crippen MR) is 76.1 cm³/mol. The number of anilines is 3. The van der Waals surface area contributed by atoms with Crippen LogP contribution < -0.4 is 21.5 Å². The molecule has 1 aromatic carbocycles. The molecule has 0 unspecified atom stereocenters. The maximum atomic E-state index is 13.8. The molecule has 0 radical (unpaired) electrons. The predicted octanol–water partition coefficient (Wildman–Crippen LogP) is 2.05. The summed E-state index contributed by atoms with van der Waals surface area (Å²) in [5.41, 5.74) is 11.8. The van der Waals surface area contributed by atoms with Crippen molar-refractivity contribution in [3.05, 3.63) is 34.7 Å². The van der Waals surface area contributed by atoms with Crippen LogP contribution in [0, 0.1) is 5.82 Å². The van der Waals surface area contributed by atoms with Crippen molar-refractivity contribution < 1.29 is 9.13 Å². The first-order valence-electron chi connectivity index (χ1n) is 5.66. The van der Waals surface area contributed by atoms with Crippen LogP contribution >= 0.6 is 11.6 Å². The summed E-state index contributed by atoms with van der Waals surface area (Å²) in [6.07, 6.45) is 0. The highest BCUT2D eigenvalue weighted by Crippen LogP contribution is 2.25. The number of nitrogens with two attached hydrogens (primary N) is 2. The second kappa shape index (κ2) is 5.79. The largest absolute Gasteiger partial charge is 0.497 e. The fourth-order valence-corrected chi connectivity index (χ4v) is 1.75. The number of halogens is 2. The normalized spacial score (nSPS) is 10.3. The summed E-state index contributed by atoms with van der Waals surface area (Å²) in [6.45, 7) is 0.173. The van der Waals surface area contributed by atoms with Gasteiger partial charge in [-0.2, -0.15) is 9.97 Å². The van der Waals surface area contributed by atoms with Crippen LogP contribution in [0.5, 0.6) is 5.75 Å². The highest BCUT2D eigenvalue weighted by atomic mass is 35.5. The Morgan fingerprint density at radius 3 is 2.75 bits per heavy atom. The zero-order valence-electron chi connectivity index (χ0n) is 10.7. The van der Waals surface area contributed by atoms with E-state index in [0.29, 0.717) is 11.3 Å². The van der Waals surface area contributed by atoms with Crippen LogP contribution in [-0.2, 0) is 6.54 Å². The second-order valence-corrected chi connectivity index (χ2v) is 4.30. The topological polar surface area (TPSA) is 99.1 Å². The average Bonchev–Trinajstić information content (AvgIpc) is 2.42. The molecule has 5 N–H and O–H groups in total. The van der Waals surface area contributed by atoms with E-state index in [-0.39, 0.29) is 29.2 Å². The molecule has 2 aromatic rings. The minimum atomic E-state index is -0.399. The van der Waals surface area contributed by atoms with Crippen LogP contribution in [0.1, 0.15) is 5.56 Å². The second-order valence-electron chi connectivity index (χ2n) is 3.95. The van der Waals surface area contributed by atoms with Gasteiger partial charge in [0, 0.05) is 18.2 Å². The van der Waals surface area contributed by atoms with Gasteiger partial charge in [-0.3, -0.25) is 0 Å². The van der Waals surface area contributed by atoms with Crippen LogP contribution in [0.4, 0.5) is 21.8 Å². The molecule has 0 aliphatic carbocycles. The van der Waals surface area contributed by atoms with Crippen LogP contribution in [0.2, 0.25) is 5.15 Å². The summed E-state index contributed by atoms with van der Waals surface area (Å²) in [4.78, 5) is 7.62. The van der Waals surface area contributed by atoms with Crippen LogP contribution in [-0.4, -0.2) is 17.1 Å². The van der Waals surface area contributed by atoms with E-state index >= 15 is 0 Å². The molecule has 0 aliphatic heterocycles. The van der Waals surface area contributed by atoms with Gasteiger partial charge in [-0.25, -0.2) is 4.39 Å². The van der Waals surface area contributed by atoms with Gasteiger partial charge in [-0.05, 0) is 6.07 Å². The molecule has 0 saturated carbocycles. The lowest BCUT2D eigenvalue weighted by Crippen LogP contribution is -2.09. The van der Waals surface area contributed by atoms with E-state index in [4.69, 9.17) is 27.8 Å². The first-order valence-corrected chi connectivity index (χ1v) is 6.04. The number of methoxy groups -OCH3 is 1. The number of rotatable bonds is 4. The summed E-state index contributed by atoms with van der Waals surface area (Å²) in [5, 5.41) is 2.92. The molecule has 0 saturated heterocycles. The van der Waals surface area contributed by atoms with E-state index in [1.54, 1.807) is 12.1 Å². The maximum absolute atomic E-state index is 13.8. The number of ether oxygens (including phenoxy) is 1. The van der Waals surface area contributed by atoms with Gasteiger partial charge in [-0.15, -0.1) is 0 Å². The minimum absolute atomic E-state index is 0.0121. The molecule has 0 aliphatic rings. The molecule has 20 heavy (non-hydrogen) atoms. The molecule has 0 bridgehead atoms. The number of benzene rings is 1. The Labute approximate surface area is 119 Å². The summed E-state index contributed by atoms with van der Waals surface area (Å²) in [6, 6.07) is 4.55. The number of hydrogen-bond acceptors (Lipinski definition) is 6. The third-order valence-electron chi connectivity index (χ3n) is 2.62. The van der Waals surface area contributed by atoms with Gasteiger partial charge in [0.05, 0.1) is 7.11 Å². The first-order chi connectivity index (χ1) is 9.51. The summed E-state index contributed by atoms with van der Waals surface area (Å²) in [5.74, 6) is 0.295. The highest BCUT2D eigenvalue weighted by molar-refractivity contribution is 6.32. The van der Waals surface area contributed by atoms with Gasteiger partial charge in [0.2, 0.25) is 5.95 Å². The number of aromatic nitrogens is 2. The van der Waals surface area contributed by atoms with Crippen molar-refractivity contribution in [3.8, 4) is 5.75 Å². The Hall–Kier alpha value is -2.28. The quantitative estimate of drug-likeness (QED) is 0.747. The van der Waals surface area contributed by atoms with Crippen molar-refractivity contribution >= 4 is 29.1 Å². The maximum Gasteiger partial charge on any atom is 0.223 e. The van der Waals surface area contributed by atoms with E-state index in [2.05, 4.69) is 15.3 Å². The van der Waals surface area contributed by atoms with Gasteiger partial charge in [-0.1, -0.05) is 17.7 Å². The highest BCUT2D eigenvalue weighted by Gasteiger charge is 2.10. The van der Waals surface area contributed by atoms with Crippen molar-refractivity contribution in [2.75, 3.05) is 23.9 Å². The van der Waals surface area contributed by atoms with Gasteiger partial charge >= 0.3 is 0 Å². The molecule has 8 heteroatoms. The lowest BCUT2D eigenvalue weighted by Gasteiger charge is -2.11. The lowest BCUT2D eigenvalue weighted by atomic mass is 10.2. The van der Waals surface area contributed by atoms with Crippen LogP contribution in [0.25, 0.3) is 0 Å². The third kappa shape index (κ3) is 3.00. The third-order valence-corrected chi connectivity index (χ3v) is 2.91. The number of nitrogens with zero attached hydrogens (tertiary/aromatic N) is 2. The zero-order valence-corrected chi connectivity index (χ0v) is 11.4. The number of nitrogens with one attached hydrogen (secondary N) is 1. The molecule has 6 nitrogen and oxygen atoms in total. The molecule has 1 aromatic heterocycles. The minimum Gasteiger partial charge on any atom is -0.497 e. The number of nitrogen functional groups attached to an aromatic ring is 2. The van der Waals surface area contributed by atoms with E-state index in [9.17, 15) is 4.39 Å². The Morgan fingerprint density at radius 2 is 2.10 bits per heavy atom. The number of hydrogen-bond donors (Lipinski definition) is 3. The standard InChI is InChI=1S/C12H13ClFN5O/c1-20-7-3-2-6(8(14)4-7)5-17-11-9(15)10(13)18-12(16)19-11/h2-4H,5,15H2,1H3,(H3,16,17,18,19). The monoisotopic (exact) mass is 297 g/mol. The molecular formula is C12H13ClFN5O. The fourth-order valence-electron chi connectivity index (χ4n) is 1.57. The molecule has 0 fully saturated rings. The van der Waals surface area contributed by atoms with Gasteiger partial charge in [0.15, 0.2) is 11.0 Å². The van der Waals surface area contributed by atoms with E-state index in [1.807, 2.05) is 0 Å². The summed E-state index contributed by atoms with van der Waals surface area (Å²) in [7, 11) is 1.47. The molecule has 1 heterocycles. The average molecular weight is 298 g/mol. The van der Waals surface area contributed by atoms with Crippen molar-refractivity contribution in [3.63, 3.8) is 0 Å². The molecule has 2 rings (SSSR count). The smallest absolute Gasteiger partial charge is 0.223 e. The van der Waals surface area contributed by atoms with Crippen molar-refractivity contribution in [1.82, 2.24) is 9.97 Å². The van der Waals surface area contributed by atoms with Gasteiger partial charge in [0.25, 0.3) is 0 Å². The molecule has 0 atom stereocenters. The Kier molecular flexibility index (Phi) is 4.09. The van der Waals surface area contributed by atoms with Gasteiger partial charge < -0.3 is 21.5 Å². The van der Waals surface area contributed by atoms with E-state index in [1.165, 1.54) is 13.2 Å². The SMILES string of the molecule is COc1ccc(CNc2nc(N)nc(Cl)c2N)c(F)c1. The Morgan fingerprint density at radius 1 is 1.35 bits per heavy atom. The van der Waals surface area contributed by atoms with E-state index in [0.717, 1.165) is 0 Å². The van der Waals surface area contributed by atoms with Gasteiger partial charge in [0.1, 0.15) is 17.3 Å². The fraction of sp³-hybridized carbons (Fsp3) is 0.167. The molecule has 0 spiro atoms. The van der Waals surface area contributed by atoms with Crippen molar-refractivity contribution in [1.29, 1.82) is 0 Å². The van der Waals surface area contributed by atoms with Crippen LogP contribution in [0.15, 0.2) is 18.2 Å².